The van der Waals surface area contributed by atoms with E-state index in [0.717, 1.165) is 24.2 Å². The Bertz CT molecular complexity index is 849. The summed E-state index contributed by atoms with van der Waals surface area (Å²) in [5, 5.41) is 11.2. The first-order valence-corrected chi connectivity index (χ1v) is 9.95. The monoisotopic (exact) mass is 390 g/mol. The molecule has 27 heavy (non-hydrogen) atoms. The van der Waals surface area contributed by atoms with Gasteiger partial charge in [0, 0.05) is 24.3 Å². The summed E-state index contributed by atoms with van der Waals surface area (Å²) in [7, 11) is 0. The largest absolute Gasteiger partial charge is 0.476 e. The maximum atomic E-state index is 12.9. The average molecular weight is 391 g/mol. The van der Waals surface area contributed by atoms with E-state index in [2.05, 4.69) is 9.97 Å². The number of imidazole rings is 1. The number of thiazole rings is 1. The Morgan fingerprint density at radius 2 is 1.96 bits per heavy atom. The van der Waals surface area contributed by atoms with Crippen molar-refractivity contribution in [1.82, 2.24) is 19.4 Å². The lowest BCUT2D eigenvalue weighted by atomic mass is 10.2. The van der Waals surface area contributed by atoms with E-state index in [4.69, 9.17) is 5.11 Å². The van der Waals surface area contributed by atoms with Crippen molar-refractivity contribution in [2.45, 2.75) is 53.5 Å². The van der Waals surface area contributed by atoms with Crippen LogP contribution in [0.3, 0.4) is 0 Å². The number of likely N-dealkylation sites (tertiary alicyclic amines) is 1. The highest BCUT2D eigenvalue weighted by Crippen LogP contribution is 2.34. The van der Waals surface area contributed by atoms with Crippen molar-refractivity contribution >= 4 is 29.4 Å². The summed E-state index contributed by atoms with van der Waals surface area (Å²) in [5.74, 6) is -0.434. The van der Waals surface area contributed by atoms with Crippen LogP contribution in [0.4, 0.5) is 0 Å². The number of allylic oxidation sites excluding steroid dienone is 1. The van der Waals surface area contributed by atoms with Gasteiger partial charge in [0.15, 0.2) is 5.69 Å². The highest BCUT2D eigenvalue weighted by Gasteiger charge is 2.34. The van der Waals surface area contributed by atoms with Crippen molar-refractivity contribution in [1.29, 1.82) is 0 Å². The van der Waals surface area contributed by atoms with Gasteiger partial charge in [0.1, 0.15) is 16.5 Å². The maximum Gasteiger partial charge on any atom is 0.355 e. The number of carbonyl (C=O) groups excluding carboxylic acids is 1. The van der Waals surface area contributed by atoms with E-state index in [1.54, 1.807) is 11.1 Å². The molecule has 7 nitrogen and oxygen atoms in total. The van der Waals surface area contributed by atoms with E-state index >= 15 is 0 Å². The lowest BCUT2D eigenvalue weighted by molar-refractivity contribution is 0.0691. The minimum absolute atomic E-state index is 0.0305. The van der Waals surface area contributed by atoms with Crippen molar-refractivity contribution in [2.75, 3.05) is 6.54 Å². The number of hydrogen-bond donors (Lipinski definition) is 1. The molecule has 3 heterocycles. The van der Waals surface area contributed by atoms with Gasteiger partial charge in [-0.3, -0.25) is 4.79 Å². The SMILES string of the molecule is CC.CC(C)=Cn1cc(C(=O)N2CCCC2c2nc(C(=O)O)cs2)nc1C. The summed E-state index contributed by atoms with van der Waals surface area (Å²) in [6.07, 6.45) is 5.32. The molecule has 2 aromatic heterocycles. The first-order chi connectivity index (χ1) is 12.9. The minimum Gasteiger partial charge on any atom is -0.476 e. The smallest absolute Gasteiger partial charge is 0.355 e. The van der Waals surface area contributed by atoms with E-state index in [1.807, 2.05) is 45.4 Å². The number of carboxylic acids is 1. The third-order valence-electron chi connectivity index (χ3n) is 4.07. The van der Waals surface area contributed by atoms with Crippen LogP contribution in [0.15, 0.2) is 17.2 Å². The van der Waals surface area contributed by atoms with Crippen molar-refractivity contribution in [2.24, 2.45) is 0 Å². The molecule has 0 saturated carbocycles. The number of amides is 1. The highest BCUT2D eigenvalue weighted by molar-refractivity contribution is 7.09. The van der Waals surface area contributed by atoms with Gasteiger partial charge in [0.05, 0.1) is 6.04 Å². The molecule has 1 saturated heterocycles. The fraction of sp³-hybridized carbons (Fsp3) is 0.474. The van der Waals surface area contributed by atoms with Crippen molar-refractivity contribution in [3.05, 3.63) is 39.4 Å². The topological polar surface area (TPSA) is 88.3 Å². The molecule has 0 aromatic carbocycles. The van der Waals surface area contributed by atoms with Crippen LogP contribution in [0.25, 0.3) is 6.20 Å². The molecule has 1 N–H and O–H groups in total. The van der Waals surface area contributed by atoms with E-state index in [0.29, 0.717) is 17.2 Å². The molecule has 0 bridgehead atoms. The number of carbonyl (C=O) groups is 2. The Morgan fingerprint density at radius 1 is 1.26 bits per heavy atom. The predicted molar refractivity (Wildman–Crippen MR) is 106 cm³/mol. The second-order valence-corrected chi connectivity index (χ2v) is 7.21. The van der Waals surface area contributed by atoms with Crippen LogP contribution in [0.1, 0.15) is 78.4 Å². The summed E-state index contributed by atoms with van der Waals surface area (Å²) < 4.78 is 1.85. The third-order valence-corrected chi connectivity index (χ3v) is 5.02. The summed E-state index contributed by atoms with van der Waals surface area (Å²) in [6.45, 7) is 10.5. The third kappa shape index (κ3) is 4.63. The number of nitrogens with zero attached hydrogens (tertiary/aromatic N) is 4. The summed E-state index contributed by atoms with van der Waals surface area (Å²) in [5.41, 5.74) is 1.54. The van der Waals surface area contributed by atoms with Gasteiger partial charge in [0.2, 0.25) is 0 Å². The molecule has 0 radical (unpaired) electrons. The van der Waals surface area contributed by atoms with Gasteiger partial charge in [-0.25, -0.2) is 14.8 Å². The minimum atomic E-state index is -1.05. The summed E-state index contributed by atoms with van der Waals surface area (Å²) >= 11 is 1.29. The fourth-order valence-electron chi connectivity index (χ4n) is 2.95. The predicted octanol–water partition coefficient (Wildman–Crippen LogP) is 4.23. The quantitative estimate of drug-likeness (QED) is 0.844. The Kier molecular flexibility index (Phi) is 6.90. The Labute approximate surface area is 163 Å². The number of hydrogen-bond acceptors (Lipinski definition) is 5. The van der Waals surface area contributed by atoms with Gasteiger partial charge in [-0.1, -0.05) is 19.4 Å². The standard InChI is InChI=1S/C17H20N4O3S.C2H6/c1-10(2)7-20-8-12(18-11(20)3)16(22)21-6-4-5-14(21)15-19-13(9-25-15)17(23)24;1-2/h7-9,14H,4-6H2,1-3H3,(H,23,24);1-2H3. The molecule has 1 amide bonds. The molecule has 146 valence electrons. The lowest BCUT2D eigenvalue weighted by Gasteiger charge is -2.22. The van der Waals surface area contributed by atoms with Crippen molar-refractivity contribution in [3.63, 3.8) is 0 Å². The molecule has 1 aliphatic rings. The van der Waals surface area contributed by atoms with Crippen LogP contribution in [0.2, 0.25) is 0 Å². The van der Waals surface area contributed by atoms with E-state index < -0.39 is 5.97 Å². The van der Waals surface area contributed by atoms with Crippen LogP contribution in [0.5, 0.6) is 0 Å². The molecule has 1 atom stereocenters. The van der Waals surface area contributed by atoms with Crippen molar-refractivity contribution in [3.8, 4) is 0 Å². The molecule has 1 fully saturated rings. The van der Waals surface area contributed by atoms with E-state index in [9.17, 15) is 9.59 Å². The number of rotatable bonds is 4. The Balaban J connectivity index is 0.00000126. The number of aromatic carboxylic acids is 1. The van der Waals surface area contributed by atoms with Gasteiger partial charge in [-0.05, 0) is 33.6 Å². The molecule has 2 aromatic rings. The zero-order chi connectivity index (χ0) is 20.1. The molecule has 8 heteroatoms. The van der Waals surface area contributed by atoms with Gasteiger partial charge >= 0.3 is 5.97 Å². The van der Waals surface area contributed by atoms with E-state index in [1.165, 1.54) is 16.7 Å². The van der Waals surface area contributed by atoms with E-state index in [-0.39, 0.29) is 17.6 Å². The number of carboxylic acid groups (broad SMARTS) is 1. The number of aryl methyl sites for hydroxylation is 1. The zero-order valence-electron chi connectivity index (χ0n) is 16.4. The second kappa shape index (κ2) is 8.94. The summed E-state index contributed by atoms with van der Waals surface area (Å²) in [4.78, 5) is 34.3. The van der Waals surface area contributed by atoms with Gasteiger partial charge in [0.25, 0.3) is 5.91 Å². The highest BCUT2D eigenvalue weighted by atomic mass is 32.1. The molecule has 0 spiro atoms. The van der Waals surface area contributed by atoms with Gasteiger partial charge in [-0.15, -0.1) is 11.3 Å². The van der Waals surface area contributed by atoms with Crippen LogP contribution in [-0.2, 0) is 0 Å². The second-order valence-electron chi connectivity index (χ2n) is 6.32. The molecule has 0 aliphatic carbocycles. The number of aromatic nitrogens is 3. The van der Waals surface area contributed by atoms with Crippen molar-refractivity contribution < 1.29 is 14.7 Å². The molecular weight excluding hydrogens is 364 g/mol. The summed E-state index contributed by atoms with van der Waals surface area (Å²) in [6, 6.07) is -0.181. The van der Waals surface area contributed by atoms with Gasteiger partial charge in [-0.2, -0.15) is 0 Å². The molecular formula is C19H26N4O3S. The van der Waals surface area contributed by atoms with Crippen LogP contribution < -0.4 is 0 Å². The van der Waals surface area contributed by atoms with Crippen LogP contribution in [-0.4, -0.2) is 43.0 Å². The molecule has 1 unspecified atom stereocenters. The average Bonchev–Trinajstić information content (AvgIpc) is 3.35. The fourth-order valence-corrected chi connectivity index (χ4v) is 3.89. The van der Waals surface area contributed by atoms with Crippen LogP contribution in [0, 0.1) is 6.92 Å². The maximum absolute atomic E-state index is 12.9. The normalized spacial score (nSPS) is 15.9. The molecule has 3 rings (SSSR count). The lowest BCUT2D eigenvalue weighted by Crippen LogP contribution is -2.30. The Hall–Kier alpha value is -2.48. The first kappa shape index (κ1) is 20.8. The molecule has 1 aliphatic heterocycles. The Morgan fingerprint density at radius 3 is 2.56 bits per heavy atom. The van der Waals surface area contributed by atoms with Gasteiger partial charge < -0.3 is 14.6 Å². The zero-order valence-corrected chi connectivity index (χ0v) is 17.2. The van der Waals surface area contributed by atoms with Crippen LogP contribution >= 0.6 is 11.3 Å². The first-order valence-electron chi connectivity index (χ1n) is 9.07.